The first-order chi connectivity index (χ1) is 26.8. The number of fused-ring (bicyclic) bond motifs is 2. The molecule has 0 bridgehead atoms. The monoisotopic (exact) mass is 758 g/mol. The van der Waals surface area contributed by atoms with E-state index in [9.17, 15) is 47.4 Å². The van der Waals surface area contributed by atoms with Crippen molar-refractivity contribution in [2.24, 2.45) is 0 Å². The normalized spacial score (nSPS) is 11.3. The number of rotatable bonds is 6. The summed E-state index contributed by atoms with van der Waals surface area (Å²) in [7, 11) is 0. The maximum Gasteiger partial charge on any atom is 0.573 e. The highest BCUT2D eigenvalue weighted by Gasteiger charge is 2.32. The van der Waals surface area contributed by atoms with Crippen LogP contribution in [0.2, 0.25) is 0 Å². The zero-order valence-corrected chi connectivity index (χ0v) is 27.8. The number of nitrogens with zero attached hydrogens (tertiary/aromatic N) is 6. The molecular weight excluding hydrogens is 742 g/mol. The van der Waals surface area contributed by atoms with Crippen molar-refractivity contribution in [1.82, 2.24) is 9.97 Å². The highest BCUT2D eigenvalue weighted by Crippen LogP contribution is 2.43. The predicted octanol–water partition coefficient (Wildman–Crippen LogP) is 8.83. The predicted molar refractivity (Wildman–Crippen MR) is 185 cm³/mol. The number of hydrogen-bond donors (Lipinski definition) is 0. The second-order valence-corrected chi connectivity index (χ2v) is 11.6. The maximum atomic E-state index is 12.7. The van der Waals surface area contributed by atoms with Gasteiger partial charge in [0.1, 0.15) is 46.8 Å². The van der Waals surface area contributed by atoms with Crippen LogP contribution in [0.4, 0.5) is 26.3 Å². The molecule has 0 unspecified atom stereocenters. The van der Waals surface area contributed by atoms with Gasteiger partial charge < -0.3 is 18.3 Å². The lowest BCUT2D eigenvalue weighted by Crippen LogP contribution is -2.16. The first-order valence-corrected chi connectivity index (χ1v) is 15.8. The third-order valence-electron chi connectivity index (χ3n) is 8.25. The summed E-state index contributed by atoms with van der Waals surface area (Å²) in [5.41, 5.74) is 2.46. The molecule has 2 heterocycles. The molecule has 0 fully saturated rings. The minimum Gasteiger partial charge on any atom is -0.434 e. The van der Waals surface area contributed by atoms with Gasteiger partial charge in [0.15, 0.2) is 22.3 Å². The van der Waals surface area contributed by atoms with E-state index in [4.69, 9.17) is 8.83 Å². The summed E-state index contributed by atoms with van der Waals surface area (Å²) in [6, 6.07) is 30.7. The molecule has 0 radical (unpaired) electrons. The second-order valence-electron chi connectivity index (χ2n) is 11.6. The van der Waals surface area contributed by atoms with Crippen LogP contribution >= 0.6 is 0 Å². The van der Waals surface area contributed by atoms with Crippen molar-refractivity contribution in [1.29, 1.82) is 21.0 Å². The van der Waals surface area contributed by atoms with Gasteiger partial charge in [-0.3, -0.25) is 0 Å². The fourth-order valence-corrected chi connectivity index (χ4v) is 5.88. The topological polar surface area (TPSA) is 166 Å². The molecule has 0 saturated heterocycles. The largest absolute Gasteiger partial charge is 0.573 e. The Hall–Kier alpha value is -8.08. The van der Waals surface area contributed by atoms with Gasteiger partial charge in [-0.15, -0.1) is 26.3 Å². The Kier molecular flexibility index (Phi) is 9.10. The Morgan fingerprint density at radius 3 is 0.982 bits per heavy atom. The van der Waals surface area contributed by atoms with Gasteiger partial charge in [0.05, 0.1) is 11.1 Å². The van der Waals surface area contributed by atoms with E-state index >= 15 is 0 Å². The zero-order chi connectivity index (χ0) is 39.8. The standard InChI is InChI=1S/C40H16F6N6O4/c41-39(42,43)55-29-13-9-23(10-14-29)21-1-5-25(6-2-21)31-33-36(54-37(51-33)27(17-47)18-48)32(34-35(31)53-38(52-34)28(19-49)20-50)26-7-3-22(4-8-26)24-11-15-30(16-12-24)56-40(44,45)46/h1-16H. The minimum absolute atomic E-state index is 0.0477. The summed E-state index contributed by atoms with van der Waals surface area (Å²) in [6.45, 7) is 0. The highest BCUT2D eigenvalue weighted by molar-refractivity contribution is 6.15. The lowest BCUT2D eigenvalue weighted by atomic mass is 9.94. The number of aromatic nitrogens is 2. The van der Waals surface area contributed by atoms with E-state index in [-0.39, 0.29) is 44.4 Å². The lowest BCUT2D eigenvalue weighted by Gasteiger charge is -2.11. The molecule has 0 aliphatic carbocycles. The van der Waals surface area contributed by atoms with E-state index < -0.39 is 35.4 Å². The maximum absolute atomic E-state index is 12.7. The van der Waals surface area contributed by atoms with Crippen LogP contribution in [-0.2, 0) is 0 Å². The van der Waals surface area contributed by atoms with Crippen LogP contribution in [0.3, 0.4) is 0 Å². The second kappa shape index (κ2) is 14.0. The number of alkyl halides is 6. The van der Waals surface area contributed by atoms with E-state index in [0.717, 1.165) is 0 Å². The summed E-state index contributed by atoms with van der Waals surface area (Å²) in [4.78, 5) is 9.02. The SMILES string of the molecule is N#CC(C#N)=c1nc2c(-c3ccc(-c4ccc(OC(F)(F)F)cc4)cc3)c3oc(=C(C#N)C#N)nc3c(-c3ccc(-c4ccc(OC(F)(F)F)cc4)cc3)c2o1. The number of nitriles is 4. The number of oxazole rings is 2. The summed E-state index contributed by atoms with van der Waals surface area (Å²) in [6.07, 6.45) is -9.71. The molecule has 0 saturated carbocycles. The van der Waals surface area contributed by atoms with Crippen LogP contribution in [0.25, 0.3) is 77.9 Å². The molecule has 7 rings (SSSR count). The third-order valence-corrected chi connectivity index (χ3v) is 8.25. The number of benzene rings is 5. The van der Waals surface area contributed by atoms with Crippen molar-refractivity contribution >= 4 is 33.3 Å². The molecule has 7 aromatic rings. The van der Waals surface area contributed by atoms with Crippen molar-refractivity contribution < 1.29 is 44.7 Å². The van der Waals surface area contributed by atoms with Crippen LogP contribution in [0.1, 0.15) is 0 Å². The average Bonchev–Trinajstić information content (AvgIpc) is 3.80. The highest BCUT2D eigenvalue weighted by atomic mass is 19.4. The molecular formula is C40H16F6N6O4. The molecule has 0 N–H and O–H groups in total. The van der Waals surface area contributed by atoms with Crippen molar-refractivity contribution in [2.75, 3.05) is 0 Å². The number of halogens is 6. The fraction of sp³-hybridized carbons (Fsp3) is 0.0500. The quantitative estimate of drug-likeness (QED) is 0.150. The van der Waals surface area contributed by atoms with Gasteiger partial charge in [0.2, 0.25) is 11.1 Å². The van der Waals surface area contributed by atoms with Crippen LogP contribution in [0.15, 0.2) is 106 Å². The molecule has 10 nitrogen and oxygen atoms in total. The van der Waals surface area contributed by atoms with Crippen molar-refractivity contribution in [3.8, 4) is 80.3 Å². The van der Waals surface area contributed by atoms with Crippen LogP contribution < -0.4 is 20.6 Å². The molecule has 272 valence electrons. The van der Waals surface area contributed by atoms with Crippen molar-refractivity contribution in [3.05, 3.63) is 108 Å². The number of ether oxygens (including phenoxy) is 2. The Morgan fingerprint density at radius 2 is 0.714 bits per heavy atom. The Labute approximate surface area is 309 Å². The molecule has 5 aromatic carbocycles. The zero-order valence-electron chi connectivity index (χ0n) is 27.8. The van der Waals surface area contributed by atoms with Crippen LogP contribution in [0, 0.1) is 45.3 Å². The molecule has 0 atom stereocenters. The molecule has 0 spiro atoms. The summed E-state index contributed by atoms with van der Waals surface area (Å²) in [5, 5.41) is 38.7. The molecule has 0 amide bonds. The van der Waals surface area contributed by atoms with E-state index in [1.54, 1.807) is 72.8 Å². The van der Waals surface area contributed by atoms with Gasteiger partial charge in [0.25, 0.3) is 0 Å². The summed E-state index contributed by atoms with van der Waals surface area (Å²) >= 11 is 0. The molecule has 2 aromatic heterocycles. The summed E-state index contributed by atoms with van der Waals surface area (Å²) < 4.78 is 96.1. The first kappa shape index (κ1) is 36.3. The molecule has 56 heavy (non-hydrogen) atoms. The van der Waals surface area contributed by atoms with Gasteiger partial charge in [0, 0.05) is 0 Å². The Morgan fingerprint density at radius 1 is 0.446 bits per heavy atom. The average molecular weight is 759 g/mol. The van der Waals surface area contributed by atoms with Gasteiger partial charge in [-0.05, 0) is 57.6 Å². The molecule has 0 aliphatic rings. The summed E-state index contributed by atoms with van der Waals surface area (Å²) in [5.74, 6) is -0.795. The fourth-order valence-electron chi connectivity index (χ4n) is 5.88. The minimum atomic E-state index is -4.85. The Balaban J connectivity index is 1.42. The first-order valence-electron chi connectivity index (χ1n) is 15.8. The Bertz CT molecular complexity index is 2660. The van der Waals surface area contributed by atoms with E-state index in [1.165, 1.54) is 48.5 Å². The third kappa shape index (κ3) is 7.14. The van der Waals surface area contributed by atoms with Gasteiger partial charge in [-0.25, -0.2) is 9.97 Å². The van der Waals surface area contributed by atoms with Crippen molar-refractivity contribution in [2.45, 2.75) is 12.7 Å². The van der Waals surface area contributed by atoms with Crippen molar-refractivity contribution in [3.63, 3.8) is 0 Å². The molecule has 16 heteroatoms. The van der Waals surface area contributed by atoms with E-state index in [2.05, 4.69) is 19.4 Å². The molecule has 0 aliphatic heterocycles. The van der Waals surface area contributed by atoms with Gasteiger partial charge in [-0.1, -0.05) is 72.8 Å². The van der Waals surface area contributed by atoms with Gasteiger partial charge >= 0.3 is 12.7 Å². The van der Waals surface area contributed by atoms with Gasteiger partial charge in [-0.2, -0.15) is 21.0 Å². The van der Waals surface area contributed by atoms with E-state index in [1.807, 2.05) is 0 Å². The number of hydrogen-bond acceptors (Lipinski definition) is 10. The lowest BCUT2D eigenvalue weighted by molar-refractivity contribution is -0.275. The smallest absolute Gasteiger partial charge is 0.434 e. The van der Waals surface area contributed by atoms with Crippen LogP contribution in [-0.4, -0.2) is 22.7 Å². The van der Waals surface area contributed by atoms with Crippen LogP contribution in [0.5, 0.6) is 11.5 Å². The van der Waals surface area contributed by atoms with E-state index in [0.29, 0.717) is 33.4 Å².